The lowest BCUT2D eigenvalue weighted by Gasteiger charge is -2.13. The van der Waals surface area contributed by atoms with E-state index in [0.29, 0.717) is 6.04 Å². The third-order valence-corrected chi connectivity index (χ3v) is 6.55. The molecule has 31 heavy (non-hydrogen) atoms. The molecule has 1 fully saturated rings. The van der Waals surface area contributed by atoms with Gasteiger partial charge in [-0.3, -0.25) is 4.98 Å². The lowest BCUT2D eigenvalue weighted by atomic mass is 10.1. The molecule has 3 nitrogen and oxygen atoms in total. The zero-order chi connectivity index (χ0) is 21.2. The molecule has 2 heterocycles. The van der Waals surface area contributed by atoms with Gasteiger partial charge in [-0.15, -0.1) is 0 Å². The maximum Gasteiger partial charge on any atom is 0.174 e. The summed E-state index contributed by atoms with van der Waals surface area (Å²) in [5.74, 6) is -0.227. The highest BCUT2D eigenvalue weighted by atomic mass is 32.2. The molecule has 0 amide bonds. The largest absolute Gasteiger partial charge is 0.315 e. The van der Waals surface area contributed by atoms with Crippen molar-refractivity contribution in [1.82, 2.24) is 14.5 Å². The summed E-state index contributed by atoms with van der Waals surface area (Å²) >= 11 is 1.64. The quantitative estimate of drug-likeness (QED) is 0.304. The third-order valence-electron chi connectivity index (χ3n) is 5.38. The second-order valence-corrected chi connectivity index (χ2v) is 8.57. The Labute approximate surface area is 185 Å². The Hall–Kier alpha value is -3.18. The number of allylic oxidation sites excluding steroid dienone is 1. The molecule has 5 rings (SSSR count). The number of halogens is 1. The van der Waals surface area contributed by atoms with Crippen molar-refractivity contribution < 1.29 is 4.39 Å². The molecule has 0 radical (unpaired) electrons. The predicted molar refractivity (Wildman–Crippen MR) is 125 cm³/mol. The van der Waals surface area contributed by atoms with Gasteiger partial charge in [0, 0.05) is 34.5 Å². The van der Waals surface area contributed by atoms with Gasteiger partial charge in [-0.25, -0.2) is 9.37 Å². The molecule has 0 N–H and O–H groups in total. The van der Waals surface area contributed by atoms with Crippen LogP contribution in [0.3, 0.4) is 0 Å². The second kappa shape index (κ2) is 8.52. The van der Waals surface area contributed by atoms with Crippen LogP contribution in [0.4, 0.5) is 4.39 Å². The predicted octanol–water partition coefficient (Wildman–Crippen LogP) is 7.24. The number of pyridine rings is 1. The highest BCUT2D eigenvalue weighted by Crippen LogP contribution is 2.47. The average Bonchev–Trinajstić information content (AvgIpc) is 3.59. The Kier molecular flexibility index (Phi) is 5.43. The SMILES string of the molecule is CC=C(Sc1nc(-c2ccccc2)c(-c2ccncc2)n1C1CC1)c1ccc(F)cc1. The maximum absolute atomic E-state index is 13.4. The van der Waals surface area contributed by atoms with E-state index in [1.807, 2.05) is 61.8 Å². The summed E-state index contributed by atoms with van der Waals surface area (Å²) in [5.41, 5.74) is 5.32. The van der Waals surface area contributed by atoms with Crippen molar-refractivity contribution in [3.63, 3.8) is 0 Å². The summed E-state index contributed by atoms with van der Waals surface area (Å²) in [6, 6.07) is 21.5. The summed E-state index contributed by atoms with van der Waals surface area (Å²) in [7, 11) is 0. The van der Waals surface area contributed by atoms with Crippen LogP contribution in [0.2, 0.25) is 0 Å². The van der Waals surface area contributed by atoms with Gasteiger partial charge in [-0.1, -0.05) is 60.3 Å². The van der Waals surface area contributed by atoms with E-state index in [1.165, 1.54) is 12.1 Å². The lowest BCUT2D eigenvalue weighted by molar-refractivity contribution is 0.627. The van der Waals surface area contributed by atoms with E-state index in [1.54, 1.807) is 11.8 Å². The van der Waals surface area contributed by atoms with Crippen LogP contribution >= 0.6 is 11.8 Å². The molecule has 2 aromatic heterocycles. The third kappa shape index (κ3) is 4.06. The van der Waals surface area contributed by atoms with Gasteiger partial charge in [-0.05, 0) is 49.6 Å². The van der Waals surface area contributed by atoms with Crippen molar-refractivity contribution in [1.29, 1.82) is 0 Å². The summed E-state index contributed by atoms with van der Waals surface area (Å²) in [6.45, 7) is 2.01. The number of hydrogen-bond acceptors (Lipinski definition) is 3. The number of nitrogens with zero attached hydrogens (tertiary/aromatic N) is 3. The summed E-state index contributed by atoms with van der Waals surface area (Å²) in [4.78, 5) is 10.4. The molecular weight excluding hydrogens is 405 g/mol. The summed E-state index contributed by atoms with van der Waals surface area (Å²) in [5, 5.41) is 0.964. The zero-order valence-corrected chi connectivity index (χ0v) is 18.0. The van der Waals surface area contributed by atoms with Crippen molar-refractivity contribution in [3.8, 4) is 22.5 Å². The van der Waals surface area contributed by atoms with E-state index < -0.39 is 0 Å². The van der Waals surface area contributed by atoms with Crippen LogP contribution < -0.4 is 0 Å². The van der Waals surface area contributed by atoms with Crippen LogP contribution in [0.15, 0.2) is 90.4 Å². The van der Waals surface area contributed by atoms with E-state index in [0.717, 1.165) is 51.0 Å². The fourth-order valence-corrected chi connectivity index (χ4v) is 4.78. The maximum atomic E-state index is 13.4. The minimum absolute atomic E-state index is 0.227. The molecule has 0 atom stereocenters. The Morgan fingerprint density at radius 1 is 0.968 bits per heavy atom. The van der Waals surface area contributed by atoms with E-state index in [9.17, 15) is 4.39 Å². The molecule has 1 aliphatic rings. The molecule has 1 saturated carbocycles. The lowest BCUT2D eigenvalue weighted by Crippen LogP contribution is -2.00. The van der Waals surface area contributed by atoms with Gasteiger partial charge in [-0.2, -0.15) is 0 Å². The molecule has 0 unspecified atom stereocenters. The van der Waals surface area contributed by atoms with Gasteiger partial charge in [0.05, 0.1) is 11.4 Å². The minimum Gasteiger partial charge on any atom is -0.315 e. The first-order chi connectivity index (χ1) is 15.2. The van der Waals surface area contributed by atoms with Gasteiger partial charge in [0.1, 0.15) is 5.82 Å². The fraction of sp³-hybridized carbons (Fsp3) is 0.154. The Morgan fingerprint density at radius 3 is 2.32 bits per heavy atom. The molecular formula is C26H22FN3S. The van der Waals surface area contributed by atoms with Gasteiger partial charge in [0.2, 0.25) is 0 Å². The van der Waals surface area contributed by atoms with Crippen LogP contribution in [0.5, 0.6) is 0 Å². The number of thioether (sulfide) groups is 1. The topological polar surface area (TPSA) is 30.7 Å². The summed E-state index contributed by atoms with van der Waals surface area (Å²) < 4.78 is 15.8. The van der Waals surface area contributed by atoms with Crippen molar-refractivity contribution in [2.24, 2.45) is 0 Å². The zero-order valence-electron chi connectivity index (χ0n) is 17.2. The minimum atomic E-state index is -0.227. The van der Waals surface area contributed by atoms with Crippen LogP contribution in [0.1, 0.15) is 31.4 Å². The normalized spacial score (nSPS) is 14.1. The molecule has 0 bridgehead atoms. The van der Waals surface area contributed by atoms with E-state index in [2.05, 4.69) is 27.8 Å². The standard InChI is InChI=1S/C26H22FN3S/c1-2-23(18-8-10-21(27)11-9-18)31-26-29-24(19-6-4-3-5-7-19)25(30(26)22-12-13-22)20-14-16-28-17-15-20/h2-11,14-17,22H,12-13H2,1H3. The van der Waals surface area contributed by atoms with Gasteiger partial charge in [0.15, 0.2) is 5.16 Å². The van der Waals surface area contributed by atoms with Gasteiger partial charge < -0.3 is 4.57 Å². The van der Waals surface area contributed by atoms with E-state index in [-0.39, 0.29) is 5.82 Å². The molecule has 0 aliphatic heterocycles. The number of rotatable bonds is 6. The summed E-state index contributed by atoms with van der Waals surface area (Å²) in [6.07, 6.45) is 8.03. The monoisotopic (exact) mass is 427 g/mol. The smallest absolute Gasteiger partial charge is 0.174 e. The first kappa shape index (κ1) is 19.8. The number of benzene rings is 2. The van der Waals surface area contributed by atoms with Crippen molar-refractivity contribution in [2.45, 2.75) is 31.0 Å². The Morgan fingerprint density at radius 2 is 1.68 bits per heavy atom. The van der Waals surface area contributed by atoms with E-state index in [4.69, 9.17) is 4.98 Å². The first-order valence-corrected chi connectivity index (χ1v) is 11.2. The van der Waals surface area contributed by atoms with Crippen LogP contribution in [-0.2, 0) is 0 Å². The van der Waals surface area contributed by atoms with Gasteiger partial charge >= 0.3 is 0 Å². The molecule has 0 spiro atoms. The number of hydrogen-bond donors (Lipinski definition) is 0. The molecule has 1 aliphatic carbocycles. The molecule has 2 aromatic carbocycles. The molecule has 154 valence electrons. The van der Waals surface area contributed by atoms with Crippen LogP contribution in [0, 0.1) is 5.82 Å². The van der Waals surface area contributed by atoms with Crippen molar-refractivity contribution >= 4 is 16.7 Å². The fourth-order valence-electron chi connectivity index (χ4n) is 3.74. The Bertz CT molecular complexity index is 1210. The van der Waals surface area contributed by atoms with E-state index >= 15 is 0 Å². The van der Waals surface area contributed by atoms with Crippen molar-refractivity contribution in [2.75, 3.05) is 0 Å². The highest BCUT2D eigenvalue weighted by molar-refractivity contribution is 8.08. The van der Waals surface area contributed by atoms with Crippen molar-refractivity contribution in [3.05, 3.63) is 96.6 Å². The number of imidazole rings is 1. The first-order valence-electron chi connectivity index (χ1n) is 10.4. The molecule has 4 aromatic rings. The molecule has 0 saturated heterocycles. The molecule has 5 heteroatoms. The van der Waals surface area contributed by atoms with Crippen LogP contribution in [0.25, 0.3) is 27.4 Å². The van der Waals surface area contributed by atoms with Crippen LogP contribution in [-0.4, -0.2) is 14.5 Å². The Balaban J connectivity index is 1.66. The highest BCUT2D eigenvalue weighted by Gasteiger charge is 2.32. The average molecular weight is 428 g/mol. The second-order valence-electron chi connectivity index (χ2n) is 7.56. The van der Waals surface area contributed by atoms with Gasteiger partial charge in [0.25, 0.3) is 0 Å². The number of aromatic nitrogens is 3.